The van der Waals surface area contributed by atoms with Gasteiger partial charge in [0, 0.05) is 12.3 Å². The van der Waals surface area contributed by atoms with E-state index >= 15 is 0 Å². The summed E-state index contributed by atoms with van der Waals surface area (Å²) >= 11 is 0. The summed E-state index contributed by atoms with van der Waals surface area (Å²) in [6.45, 7) is 9.15. The molecule has 0 aromatic carbocycles. The van der Waals surface area contributed by atoms with Gasteiger partial charge >= 0.3 is 5.97 Å². The minimum absolute atomic E-state index is 0.0581. The van der Waals surface area contributed by atoms with E-state index in [1.54, 1.807) is 0 Å². The van der Waals surface area contributed by atoms with Gasteiger partial charge in [-0.1, -0.05) is 77.9 Å². The van der Waals surface area contributed by atoms with E-state index in [0.717, 1.165) is 77.0 Å². The third-order valence-corrected chi connectivity index (χ3v) is 6.76. The number of carbonyl (C=O) groups excluding carboxylic acids is 1. The van der Waals surface area contributed by atoms with Crippen LogP contribution in [0.1, 0.15) is 118 Å². The molecule has 4 heteroatoms. The molecule has 3 atom stereocenters. The van der Waals surface area contributed by atoms with E-state index in [0.29, 0.717) is 19.4 Å². The lowest BCUT2D eigenvalue weighted by atomic mass is 9.79. The van der Waals surface area contributed by atoms with Crippen LogP contribution in [0.2, 0.25) is 0 Å². The van der Waals surface area contributed by atoms with E-state index < -0.39 is 0 Å². The van der Waals surface area contributed by atoms with Crippen LogP contribution >= 0.6 is 0 Å². The number of hydrogen-bond donors (Lipinski definition) is 2. The summed E-state index contributed by atoms with van der Waals surface area (Å²) in [4.78, 5) is 11.6. The van der Waals surface area contributed by atoms with Crippen molar-refractivity contribution in [2.45, 2.75) is 130 Å². The number of rotatable bonds is 16. The molecule has 1 rings (SSSR count). The molecule has 0 spiro atoms. The molecule has 0 aliphatic heterocycles. The average molecular weight is 425 g/mol. The molecule has 0 amide bonds. The summed E-state index contributed by atoms with van der Waals surface area (Å²) in [5.41, 5.74) is 1.28. The molecule has 1 unspecified atom stereocenters. The zero-order chi connectivity index (χ0) is 22.4. The summed E-state index contributed by atoms with van der Waals surface area (Å²) < 4.78 is 5.19. The van der Waals surface area contributed by atoms with E-state index in [1.807, 2.05) is 0 Å². The van der Waals surface area contributed by atoms with Crippen molar-refractivity contribution in [1.29, 1.82) is 0 Å². The third kappa shape index (κ3) is 10.4. The molecule has 0 aromatic rings. The summed E-state index contributed by atoms with van der Waals surface area (Å²) in [5.74, 6) is 0.176. The Morgan fingerprint density at radius 1 is 1.13 bits per heavy atom. The fourth-order valence-corrected chi connectivity index (χ4v) is 4.35. The summed E-state index contributed by atoms with van der Waals surface area (Å²) in [7, 11) is 0. The molecule has 176 valence electrons. The Morgan fingerprint density at radius 2 is 1.83 bits per heavy atom. The van der Waals surface area contributed by atoms with E-state index in [-0.39, 0.29) is 29.5 Å². The van der Waals surface area contributed by atoms with Crippen molar-refractivity contribution in [3.63, 3.8) is 0 Å². The fraction of sp³-hybridized carbons (Fsp3) is 0.885. The maximum absolute atomic E-state index is 11.6. The quantitative estimate of drug-likeness (QED) is 0.172. The number of carbonyl (C=O) groups is 1. The number of aliphatic hydroxyl groups excluding tert-OH is 2. The first-order valence-electron chi connectivity index (χ1n) is 12.5. The van der Waals surface area contributed by atoms with E-state index in [9.17, 15) is 15.0 Å². The van der Waals surface area contributed by atoms with Gasteiger partial charge in [0.2, 0.25) is 0 Å². The predicted molar refractivity (Wildman–Crippen MR) is 124 cm³/mol. The highest BCUT2D eigenvalue weighted by molar-refractivity contribution is 5.69. The molecule has 0 radical (unpaired) electrons. The van der Waals surface area contributed by atoms with E-state index in [4.69, 9.17) is 4.74 Å². The Morgan fingerprint density at radius 3 is 2.53 bits per heavy atom. The zero-order valence-electron chi connectivity index (χ0n) is 20.1. The summed E-state index contributed by atoms with van der Waals surface area (Å²) in [6.07, 6.45) is 15.1. The van der Waals surface area contributed by atoms with Gasteiger partial charge in [-0.15, -0.1) is 0 Å². The molecular formula is C26H48O4. The van der Waals surface area contributed by atoms with E-state index in [1.165, 1.54) is 5.57 Å². The van der Waals surface area contributed by atoms with Crippen molar-refractivity contribution in [1.82, 2.24) is 0 Å². The predicted octanol–water partition coefficient (Wildman–Crippen LogP) is 6.34. The SMILES string of the molecule is CCCCOC(=O)CCCCCC[C@@H]1C(=CCC(O)C(C)(C)CCCC)CC[C@H]1O. The maximum Gasteiger partial charge on any atom is 0.305 e. The molecule has 0 saturated heterocycles. The highest BCUT2D eigenvalue weighted by Gasteiger charge is 2.31. The standard InChI is InChI=1S/C26H48O4/c1-5-7-19-26(3,4)24(28)18-16-21-15-17-23(27)22(21)13-11-9-10-12-14-25(29)30-20-8-6-2/h16,22-24,27-28H,5-15,17-20H2,1-4H3/t22-,23-,24?/m1/s1. The molecule has 4 nitrogen and oxygen atoms in total. The van der Waals surface area contributed by atoms with Gasteiger partial charge in [-0.05, 0) is 50.4 Å². The second kappa shape index (κ2) is 15.0. The van der Waals surface area contributed by atoms with Crippen LogP contribution in [0.5, 0.6) is 0 Å². The lowest BCUT2D eigenvalue weighted by Crippen LogP contribution is -2.29. The van der Waals surface area contributed by atoms with E-state index in [2.05, 4.69) is 33.8 Å². The van der Waals surface area contributed by atoms with Crippen LogP contribution < -0.4 is 0 Å². The number of ether oxygens (including phenoxy) is 1. The van der Waals surface area contributed by atoms with Crippen molar-refractivity contribution < 1.29 is 19.7 Å². The Kier molecular flexibility index (Phi) is 13.6. The van der Waals surface area contributed by atoms with Crippen molar-refractivity contribution in [2.24, 2.45) is 11.3 Å². The molecule has 0 heterocycles. The topological polar surface area (TPSA) is 66.8 Å². The maximum atomic E-state index is 11.6. The molecule has 1 aliphatic carbocycles. The average Bonchev–Trinajstić information content (AvgIpc) is 3.06. The minimum atomic E-state index is -0.327. The number of unbranched alkanes of at least 4 members (excludes halogenated alkanes) is 5. The molecule has 1 saturated carbocycles. The Bertz CT molecular complexity index is 497. The van der Waals surface area contributed by atoms with Crippen LogP contribution in [0.4, 0.5) is 0 Å². The normalized spacial score (nSPS) is 21.9. The van der Waals surface area contributed by atoms with Crippen molar-refractivity contribution in [3.8, 4) is 0 Å². The highest BCUT2D eigenvalue weighted by Crippen LogP contribution is 2.37. The highest BCUT2D eigenvalue weighted by atomic mass is 16.5. The molecule has 0 aromatic heterocycles. The van der Waals surface area contributed by atoms with Gasteiger partial charge in [-0.25, -0.2) is 0 Å². The first-order chi connectivity index (χ1) is 14.3. The van der Waals surface area contributed by atoms with Crippen LogP contribution in [0.25, 0.3) is 0 Å². The van der Waals surface area contributed by atoms with Gasteiger partial charge < -0.3 is 14.9 Å². The molecular weight excluding hydrogens is 376 g/mol. The van der Waals surface area contributed by atoms with Gasteiger partial charge in [0.15, 0.2) is 0 Å². The zero-order valence-corrected chi connectivity index (χ0v) is 20.1. The summed E-state index contributed by atoms with van der Waals surface area (Å²) in [5, 5.41) is 21.1. The third-order valence-electron chi connectivity index (χ3n) is 6.76. The number of hydrogen-bond acceptors (Lipinski definition) is 4. The smallest absolute Gasteiger partial charge is 0.305 e. The van der Waals surface area contributed by atoms with Crippen LogP contribution in [-0.2, 0) is 9.53 Å². The Hall–Kier alpha value is -0.870. The fourth-order valence-electron chi connectivity index (χ4n) is 4.35. The number of aliphatic hydroxyl groups is 2. The van der Waals surface area contributed by atoms with Crippen molar-refractivity contribution in [2.75, 3.05) is 6.61 Å². The van der Waals surface area contributed by atoms with Crippen LogP contribution in [0, 0.1) is 11.3 Å². The first kappa shape index (κ1) is 27.2. The first-order valence-corrected chi connectivity index (χ1v) is 12.5. The minimum Gasteiger partial charge on any atom is -0.466 e. The lowest BCUT2D eigenvalue weighted by Gasteiger charge is -2.30. The van der Waals surface area contributed by atoms with Crippen molar-refractivity contribution in [3.05, 3.63) is 11.6 Å². The van der Waals surface area contributed by atoms with Crippen LogP contribution in [0.15, 0.2) is 11.6 Å². The summed E-state index contributed by atoms with van der Waals surface area (Å²) in [6, 6.07) is 0. The molecule has 1 aliphatic rings. The largest absolute Gasteiger partial charge is 0.466 e. The second-order valence-corrected chi connectivity index (χ2v) is 9.86. The lowest BCUT2D eigenvalue weighted by molar-refractivity contribution is -0.143. The van der Waals surface area contributed by atoms with Gasteiger partial charge in [0.05, 0.1) is 18.8 Å². The molecule has 1 fully saturated rings. The van der Waals surface area contributed by atoms with Gasteiger partial charge in [-0.2, -0.15) is 0 Å². The van der Waals surface area contributed by atoms with Gasteiger partial charge in [-0.3, -0.25) is 4.79 Å². The van der Waals surface area contributed by atoms with Gasteiger partial charge in [0.25, 0.3) is 0 Å². The number of esters is 1. The Balaban J connectivity index is 2.31. The van der Waals surface area contributed by atoms with Gasteiger partial charge in [0.1, 0.15) is 0 Å². The van der Waals surface area contributed by atoms with Crippen LogP contribution in [-0.4, -0.2) is 35.0 Å². The Labute approximate surface area is 185 Å². The molecule has 0 bridgehead atoms. The van der Waals surface area contributed by atoms with Crippen molar-refractivity contribution >= 4 is 5.97 Å². The monoisotopic (exact) mass is 424 g/mol. The molecule has 2 N–H and O–H groups in total. The molecule has 30 heavy (non-hydrogen) atoms. The van der Waals surface area contributed by atoms with Crippen LogP contribution in [0.3, 0.4) is 0 Å². The second-order valence-electron chi connectivity index (χ2n) is 9.86.